The summed E-state index contributed by atoms with van der Waals surface area (Å²) in [7, 11) is 1.85. The molecule has 8 nitrogen and oxygen atoms in total. The maximum absolute atomic E-state index is 12.3. The van der Waals surface area contributed by atoms with E-state index in [-0.39, 0.29) is 6.03 Å². The van der Waals surface area contributed by atoms with Crippen LogP contribution in [0.25, 0.3) is 11.4 Å². The van der Waals surface area contributed by atoms with Gasteiger partial charge in [-0.15, -0.1) is 11.8 Å². The summed E-state index contributed by atoms with van der Waals surface area (Å²) in [6, 6.07) is 14.7. The highest BCUT2D eigenvalue weighted by Crippen LogP contribution is 2.29. The molecule has 0 aliphatic carbocycles. The molecule has 2 amide bonds. The number of carbonyl (C=O) groups is 1. The molecule has 0 unspecified atom stereocenters. The minimum atomic E-state index is -0.301. The summed E-state index contributed by atoms with van der Waals surface area (Å²) < 4.78 is 5.47. The summed E-state index contributed by atoms with van der Waals surface area (Å²) in [6.45, 7) is 3.05. The van der Waals surface area contributed by atoms with Crippen molar-refractivity contribution in [2.24, 2.45) is 0 Å². The van der Waals surface area contributed by atoms with Crippen molar-refractivity contribution in [1.82, 2.24) is 9.97 Å². The summed E-state index contributed by atoms with van der Waals surface area (Å²) in [6.07, 6.45) is 3.90. The molecule has 1 aliphatic heterocycles. The second-order valence-electron chi connectivity index (χ2n) is 7.17. The van der Waals surface area contributed by atoms with Crippen molar-refractivity contribution in [2.75, 3.05) is 60.5 Å². The number of carbonyl (C=O) groups excluding carboxylic acids is 1. The molecule has 2 aromatic carbocycles. The number of anilines is 4. The highest BCUT2D eigenvalue weighted by molar-refractivity contribution is 7.98. The Kier molecular flexibility index (Phi) is 7.08. The van der Waals surface area contributed by atoms with Crippen LogP contribution in [-0.4, -0.2) is 55.6 Å². The molecular weight excluding hydrogens is 424 g/mol. The van der Waals surface area contributed by atoms with E-state index >= 15 is 0 Å². The van der Waals surface area contributed by atoms with Crippen molar-refractivity contribution in [2.45, 2.75) is 4.90 Å². The fourth-order valence-electron chi connectivity index (χ4n) is 3.36. The molecule has 1 aliphatic rings. The van der Waals surface area contributed by atoms with Crippen molar-refractivity contribution < 1.29 is 9.53 Å². The zero-order valence-electron chi connectivity index (χ0n) is 18.1. The first kappa shape index (κ1) is 21.9. The first-order valence-corrected chi connectivity index (χ1v) is 11.6. The number of urea groups is 1. The molecule has 1 aromatic heterocycles. The molecule has 166 valence electrons. The molecule has 1 saturated heterocycles. The van der Waals surface area contributed by atoms with Gasteiger partial charge in [0.25, 0.3) is 0 Å². The van der Waals surface area contributed by atoms with Gasteiger partial charge in [0.2, 0.25) is 0 Å². The number of ether oxygens (including phenoxy) is 1. The molecule has 1 fully saturated rings. The summed E-state index contributed by atoms with van der Waals surface area (Å²) in [5.41, 5.74) is 3.28. The summed E-state index contributed by atoms with van der Waals surface area (Å²) >= 11 is 1.64. The van der Waals surface area contributed by atoms with Crippen LogP contribution in [0.1, 0.15) is 0 Å². The van der Waals surface area contributed by atoms with E-state index in [1.807, 2.05) is 68.0 Å². The number of nitrogens with one attached hydrogen (secondary N) is 3. The lowest BCUT2D eigenvalue weighted by Crippen LogP contribution is -2.37. The molecule has 3 aromatic rings. The minimum Gasteiger partial charge on any atom is -0.388 e. The van der Waals surface area contributed by atoms with Crippen LogP contribution in [-0.2, 0) is 4.74 Å². The average molecular weight is 451 g/mol. The highest BCUT2D eigenvalue weighted by Gasteiger charge is 2.18. The van der Waals surface area contributed by atoms with E-state index in [0.717, 1.165) is 40.7 Å². The van der Waals surface area contributed by atoms with Gasteiger partial charge in [-0.2, -0.15) is 0 Å². The van der Waals surface area contributed by atoms with Crippen LogP contribution in [0.5, 0.6) is 0 Å². The van der Waals surface area contributed by atoms with Crippen LogP contribution in [0.3, 0.4) is 0 Å². The maximum Gasteiger partial charge on any atom is 0.323 e. The third-order valence-electron chi connectivity index (χ3n) is 5.10. The van der Waals surface area contributed by atoms with Crippen molar-refractivity contribution in [3.8, 4) is 11.4 Å². The zero-order chi connectivity index (χ0) is 22.3. The second-order valence-corrected chi connectivity index (χ2v) is 8.02. The SMILES string of the molecule is CNc1ccc(NC(=O)Nc2ccc(-c3ncc(SC)c(N4CCOCC4)n3)cc2)cc1. The first-order valence-electron chi connectivity index (χ1n) is 10.4. The van der Waals surface area contributed by atoms with Crippen LogP contribution in [0.15, 0.2) is 59.6 Å². The number of hydrogen-bond acceptors (Lipinski definition) is 7. The van der Waals surface area contributed by atoms with E-state index < -0.39 is 0 Å². The van der Waals surface area contributed by atoms with Gasteiger partial charge >= 0.3 is 6.03 Å². The summed E-state index contributed by atoms with van der Waals surface area (Å²) in [4.78, 5) is 25.0. The van der Waals surface area contributed by atoms with Gasteiger partial charge in [-0.1, -0.05) is 0 Å². The monoisotopic (exact) mass is 450 g/mol. The number of amides is 2. The minimum absolute atomic E-state index is 0.301. The lowest BCUT2D eigenvalue weighted by atomic mass is 10.2. The molecule has 0 saturated carbocycles. The molecule has 0 atom stereocenters. The lowest BCUT2D eigenvalue weighted by molar-refractivity contribution is 0.122. The Morgan fingerprint density at radius 2 is 1.56 bits per heavy atom. The molecule has 4 rings (SSSR count). The van der Waals surface area contributed by atoms with Gasteiger partial charge in [-0.25, -0.2) is 14.8 Å². The standard InChI is InChI=1S/C23H26N6O2S/c1-24-17-7-9-19(10-8-17)27-23(30)26-18-5-3-16(4-6-18)21-25-15-20(32-2)22(28-21)29-11-13-31-14-12-29/h3-10,15,24H,11-14H2,1-2H3,(H2,26,27,30). The Labute approximate surface area is 191 Å². The van der Waals surface area contributed by atoms with Crippen LogP contribution in [0, 0.1) is 0 Å². The van der Waals surface area contributed by atoms with Gasteiger partial charge in [0.1, 0.15) is 5.82 Å². The van der Waals surface area contributed by atoms with Gasteiger partial charge in [0.05, 0.1) is 18.1 Å². The first-order chi connectivity index (χ1) is 15.7. The molecule has 0 radical (unpaired) electrons. The predicted molar refractivity (Wildman–Crippen MR) is 131 cm³/mol. The fraction of sp³-hybridized carbons (Fsp3) is 0.261. The smallest absolute Gasteiger partial charge is 0.323 e. The van der Waals surface area contributed by atoms with E-state index in [0.29, 0.717) is 24.7 Å². The molecule has 0 spiro atoms. The predicted octanol–water partition coefficient (Wildman–Crippen LogP) is 4.39. The third-order valence-corrected chi connectivity index (χ3v) is 5.83. The zero-order valence-corrected chi connectivity index (χ0v) is 18.9. The van der Waals surface area contributed by atoms with Crippen LogP contribution in [0.4, 0.5) is 27.7 Å². The van der Waals surface area contributed by atoms with E-state index in [4.69, 9.17) is 9.72 Å². The molecule has 0 bridgehead atoms. The fourth-order valence-corrected chi connectivity index (χ4v) is 3.88. The molecule has 2 heterocycles. The van der Waals surface area contributed by atoms with Crippen molar-refractivity contribution in [3.05, 3.63) is 54.7 Å². The van der Waals surface area contributed by atoms with Crippen LogP contribution < -0.4 is 20.9 Å². The largest absolute Gasteiger partial charge is 0.388 e. The molecule has 9 heteroatoms. The number of hydrogen-bond donors (Lipinski definition) is 3. The second kappa shape index (κ2) is 10.3. The van der Waals surface area contributed by atoms with Crippen LogP contribution in [0.2, 0.25) is 0 Å². The molecule has 32 heavy (non-hydrogen) atoms. The number of rotatable bonds is 6. The average Bonchev–Trinajstić information content (AvgIpc) is 2.85. The van der Waals surface area contributed by atoms with Gasteiger partial charge in [0, 0.05) is 49.0 Å². The van der Waals surface area contributed by atoms with Gasteiger partial charge in [-0.05, 0) is 54.8 Å². The normalized spacial score (nSPS) is 13.5. The van der Waals surface area contributed by atoms with Gasteiger partial charge < -0.3 is 25.6 Å². The number of benzene rings is 2. The van der Waals surface area contributed by atoms with Crippen molar-refractivity contribution in [1.29, 1.82) is 0 Å². The molecular formula is C23H26N6O2S. The Morgan fingerprint density at radius 1 is 0.969 bits per heavy atom. The number of thioether (sulfide) groups is 1. The van der Waals surface area contributed by atoms with E-state index in [2.05, 4.69) is 25.8 Å². The maximum atomic E-state index is 12.3. The molecule has 3 N–H and O–H groups in total. The Balaban J connectivity index is 1.44. The quantitative estimate of drug-likeness (QED) is 0.480. The van der Waals surface area contributed by atoms with E-state index in [1.54, 1.807) is 11.8 Å². The van der Waals surface area contributed by atoms with Crippen LogP contribution >= 0.6 is 11.8 Å². The number of aromatic nitrogens is 2. The van der Waals surface area contributed by atoms with Crippen molar-refractivity contribution >= 4 is 40.7 Å². The summed E-state index contributed by atoms with van der Waals surface area (Å²) in [5.74, 6) is 1.60. The Morgan fingerprint density at radius 3 is 2.16 bits per heavy atom. The topological polar surface area (TPSA) is 91.4 Å². The summed E-state index contributed by atoms with van der Waals surface area (Å²) in [5, 5.41) is 8.72. The van der Waals surface area contributed by atoms with E-state index in [9.17, 15) is 4.79 Å². The van der Waals surface area contributed by atoms with E-state index in [1.165, 1.54) is 0 Å². The Bertz CT molecular complexity index is 1050. The van der Waals surface area contributed by atoms with Gasteiger partial charge in [0.15, 0.2) is 5.82 Å². The highest BCUT2D eigenvalue weighted by atomic mass is 32.2. The number of nitrogens with zero attached hydrogens (tertiary/aromatic N) is 3. The lowest BCUT2D eigenvalue weighted by Gasteiger charge is -2.29. The third kappa shape index (κ3) is 5.30. The van der Waals surface area contributed by atoms with Crippen molar-refractivity contribution in [3.63, 3.8) is 0 Å². The number of morpholine rings is 1. The Hall–Kier alpha value is -3.30. The van der Waals surface area contributed by atoms with Gasteiger partial charge in [-0.3, -0.25) is 0 Å².